The van der Waals surface area contributed by atoms with Crippen molar-refractivity contribution in [2.24, 2.45) is 0 Å². The first-order valence-corrected chi connectivity index (χ1v) is 9.73. The average molecular weight is 415 g/mol. The second-order valence-corrected chi connectivity index (χ2v) is 6.99. The van der Waals surface area contributed by atoms with Crippen LogP contribution < -0.4 is 16.2 Å². The van der Waals surface area contributed by atoms with E-state index in [0.29, 0.717) is 12.4 Å². The molecule has 31 heavy (non-hydrogen) atoms. The maximum atomic E-state index is 12.7. The number of anilines is 1. The van der Waals surface area contributed by atoms with Gasteiger partial charge in [0, 0.05) is 6.20 Å². The van der Waals surface area contributed by atoms with E-state index in [1.165, 1.54) is 4.68 Å². The van der Waals surface area contributed by atoms with Gasteiger partial charge in [-0.05, 0) is 47.2 Å². The molecule has 4 rings (SSSR count). The van der Waals surface area contributed by atoms with Crippen molar-refractivity contribution in [3.63, 3.8) is 0 Å². The molecule has 0 aliphatic rings. The Morgan fingerprint density at radius 1 is 1.00 bits per heavy atom. The van der Waals surface area contributed by atoms with Gasteiger partial charge in [-0.1, -0.05) is 48.0 Å². The number of amides is 2. The first-order valence-electron chi connectivity index (χ1n) is 9.73. The minimum atomic E-state index is -0.521. The maximum Gasteiger partial charge on any atom is 0.319 e. The summed E-state index contributed by atoms with van der Waals surface area (Å²) in [6.07, 6.45) is 1.69. The second kappa shape index (κ2) is 9.04. The molecule has 0 radical (unpaired) electrons. The van der Waals surface area contributed by atoms with Gasteiger partial charge < -0.3 is 15.2 Å². The fourth-order valence-corrected chi connectivity index (χ4v) is 3.06. The number of hydrogen-bond acceptors (Lipinski definition) is 5. The number of carbonyl (C=O) groups is 1. The summed E-state index contributed by atoms with van der Waals surface area (Å²) >= 11 is 0. The van der Waals surface area contributed by atoms with Crippen molar-refractivity contribution in [3.8, 4) is 5.69 Å². The molecule has 2 aromatic heterocycles. The Bertz CT molecular complexity index is 1230. The first kappa shape index (κ1) is 20.0. The summed E-state index contributed by atoms with van der Waals surface area (Å²) in [7, 11) is 0. The van der Waals surface area contributed by atoms with Gasteiger partial charge in [-0.2, -0.15) is 4.68 Å². The summed E-state index contributed by atoms with van der Waals surface area (Å²) in [6.45, 7) is 2.53. The molecule has 2 aromatic carbocycles. The highest BCUT2D eigenvalue weighted by Gasteiger charge is 2.11. The van der Waals surface area contributed by atoms with Crippen molar-refractivity contribution >= 4 is 11.7 Å². The molecule has 0 fully saturated rings. The average Bonchev–Trinajstić information content (AvgIpc) is 3.26. The monoisotopic (exact) mass is 415 g/mol. The number of tetrazole rings is 1. The van der Waals surface area contributed by atoms with E-state index in [1.54, 1.807) is 22.9 Å². The number of aryl methyl sites for hydroxylation is 1. The van der Waals surface area contributed by atoms with Crippen molar-refractivity contribution in [3.05, 3.63) is 100 Å². The summed E-state index contributed by atoms with van der Waals surface area (Å²) < 4.78 is 3.09. The molecule has 0 spiro atoms. The highest BCUT2D eigenvalue weighted by atomic mass is 16.2. The Morgan fingerprint density at radius 2 is 1.77 bits per heavy atom. The van der Waals surface area contributed by atoms with Crippen LogP contribution in [0.2, 0.25) is 0 Å². The molecule has 0 aliphatic heterocycles. The fourth-order valence-electron chi connectivity index (χ4n) is 3.06. The predicted octanol–water partition coefficient (Wildman–Crippen LogP) is 2.50. The van der Waals surface area contributed by atoms with Crippen LogP contribution in [0, 0.1) is 6.92 Å². The molecule has 9 heteroatoms. The Morgan fingerprint density at radius 3 is 2.55 bits per heavy atom. The number of rotatable bonds is 6. The van der Waals surface area contributed by atoms with Gasteiger partial charge in [0.25, 0.3) is 5.56 Å². The highest BCUT2D eigenvalue weighted by molar-refractivity contribution is 5.88. The fraction of sp³-hybridized carbons (Fsp3) is 0.136. The van der Waals surface area contributed by atoms with Crippen LogP contribution in [0.5, 0.6) is 0 Å². The van der Waals surface area contributed by atoms with E-state index in [-0.39, 0.29) is 17.8 Å². The molecule has 156 valence electrons. The van der Waals surface area contributed by atoms with Crippen LogP contribution in [0.15, 0.2) is 77.7 Å². The molecule has 0 aliphatic carbocycles. The van der Waals surface area contributed by atoms with Crippen molar-refractivity contribution in [2.75, 3.05) is 5.32 Å². The number of nitrogens with zero attached hydrogens (tertiary/aromatic N) is 5. The third-order valence-electron chi connectivity index (χ3n) is 4.68. The molecule has 0 unspecified atom stereocenters. The van der Waals surface area contributed by atoms with Crippen LogP contribution in [-0.2, 0) is 13.1 Å². The van der Waals surface area contributed by atoms with Crippen LogP contribution >= 0.6 is 0 Å². The van der Waals surface area contributed by atoms with Gasteiger partial charge in [-0.25, -0.2) is 4.79 Å². The van der Waals surface area contributed by atoms with E-state index in [9.17, 15) is 9.59 Å². The zero-order valence-electron chi connectivity index (χ0n) is 16.9. The third-order valence-corrected chi connectivity index (χ3v) is 4.68. The second-order valence-electron chi connectivity index (χ2n) is 6.99. The lowest BCUT2D eigenvalue weighted by atomic mass is 10.1. The lowest BCUT2D eigenvalue weighted by Gasteiger charge is -2.10. The molecule has 9 nitrogen and oxygen atoms in total. The van der Waals surface area contributed by atoms with Gasteiger partial charge in [0.15, 0.2) is 5.82 Å². The number of urea groups is 1. The Hall–Kier alpha value is -4.27. The van der Waals surface area contributed by atoms with Gasteiger partial charge in [-0.3, -0.25) is 4.79 Å². The topological polar surface area (TPSA) is 107 Å². The summed E-state index contributed by atoms with van der Waals surface area (Å²) in [5.41, 5.74) is 2.84. The van der Waals surface area contributed by atoms with Crippen LogP contribution in [0.1, 0.15) is 17.0 Å². The van der Waals surface area contributed by atoms with Crippen molar-refractivity contribution in [1.82, 2.24) is 30.1 Å². The van der Waals surface area contributed by atoms with Gasteiger partial charge >= 0.3 is 6.03 Å². The summed E-state index contributed by atoms with van der Waals surface area (Å²) in [4.78, 5) is 25.1. The molecular formula is C22H21N7O2. The highest BCUT2D eigenvalue weighted by Crippen LogP contribution is 2.08. The van der Waals surface area contributed by atoms with Crippen molar-refractivity contribution < 1.29 is 4.79 Å². The summed E-state index contributed by atoms with van der Waals surface area (Å²) in [5, 5.41) is 16.9. The zero-order valence-corrected chi connectivity index (χ0v) is 16.9. The van der Waals surface area contributed by atoms with E-state index >= 15 is 0 Å². The van der Waals surface area contributed by atoms with E-state index in [0.717, 1.165) is 16.8 Å². The first-order chi connectivity index (χ1) is 15.1. The number of aromatic nitrogens is 5. The Labute approximate surface area is 178 Å². The predicted molar refractivity (Wildman–Crippen MR) is 116 cm³/mol. The molecule has 2 amide bonds. The summed E-state index contributed by atoms with van der Waals surface area (Å²) in [5.74, 6) is 0.464. The molecule has 2 heterocycles. The van der Waals surface area contributed by atoms with E-state index in [1.807, 2.05) is 61.5 Å². The minimum absolute atomic E-state index is 0.0954. The smallest absolute Gasteiger partial charge is 0.319 e. The van der Waals surface area contributed by atoms with Crippen LogP contribution in [-0.4, -0.2) is 30.8 Å². The molecule has 0 saturated heterocycles. The molecule has 4 aromatic rings. The van der Waals surface area contributed by atoms with E-state index in [4.69, 9.17) is 0 Å². The quantitative estimate of drug-likeness (QED) is 0.503. The lowest BCUT2D eigenvalue weighted by Crippen LogP contribution is -2.33. The lowest BCUT2D eigenvalue weighted by molar-refractivity contribution is 0.251. The minimum Gasteiger partial charge on any atom is -0.330 e. The van der Waals surface area contributed by atoms with Crippen LogP contribution in [0.25, 0.3) is 5.69 Å². The van der Waals surface area contributed by atoms with Crippen molar-refractivity contribution in [2.45, 2.75) is 20.0 Å². The van der Waals surface area contributed by atoms with Gasteiger partial charge in [-0.15, -0.1) is 5.10 Å². The molecular weight excluding hydrogens is 394 g/mol. The zero-order chi connectivity index (χ0) is 21.6. The Kier molecular flexibility index (Phi) is 5.84. The number of carbonyl (C=O) groups excluding carboxylic acids is 1. The van der Waals surface area contributed by atoms with Crippen LogP contribution in [0.3, 0.4) is 0 Å². The molecule has 0 bridgehead atoms. The van der Waals surface area contributed by atoms with Gasteiger partial charge in [0.1, 0.15) is 5.69 Å². The molecule has 2 N–H and O–H groups in total. The van der Waals surface area contributed by atoms with E-state index < -0.39 is 6.03 Å². The van der Waals surface area contributed by atoms with Gasteiger partial charge in [0.2, 0.25) is 0 Å². The number of hydrogen-bond donors (Lipinski definition) is 2. The molecule has 0 saturated carbocycles. The number of benzene rings is 2. The SMILES string of the molecule is Cc1ccc(Cn2cccc(NC(=O)NCc3nnnn3-c3ccccc3)c2=O)cc1. The Balaban J connectivity index is 1.41. The largest absolute Gasteiger partial charge is 0.330 e. The standard InChI is InChI=1S/C22H21N7O2/c1-16-9-11-17(12-10-16)15-28-13-5-8-19(21(28)30)24-22(31)23-14-20-25-26-27-29(20)18-6-3-2-4-7-18/h2-13H,14-15H2,1H3,(H2,23,24,31). The maximum absolute atomic E-state index is 12.7. The number of nitrogens with one attached hydrogen (secondary N) is 2. The molecule has 0 atom stereocenters. The van der Waals surface area contributed by atoms with Crippen LogP contribution in [0.4, 0.5) is 10.5 Å². The van der Waals surface area contributed by atoms with Gasteiger partial charge in [0.05, 0.1) is 18.8 Å². The number of para-hydroxylation sites is 1. The number of pyridine rings is 1. The normalized spacial score (nSPS) is 10.6. The third kappa shape index (κ3) is 4.84. The summed E-state index contributed by atoms with van der Waals surface area (Å²) in [6, 6.07) is 20.1. The van der Waals surface area contributed by atoms with E-state index in [2.05, 4.69) is 26.2 Å². The van der Waals surface area contributed by atoms with Crippen molar-refractivity contribution in [1.29, 1.82) is 0 Å².